The number of hydrogen-bond acceptors (Lipinski definition) is 2. The van der Waals surface area contributed by atoms with Crippen LogP contribution in [-0.4, -0.2) is 30.1 Å². The molecule has 0 aromatic heterocycles. The van der Waals surface area contributed by atoms with Crippen molar-refractivity contribution in [3.8, 4) is 0 Å². The van der Waals surface area contributed by atoms with E-state index in [9.17, 15) is 0 Å². The monoisotopic (exact) mass is 292 g/mol. The summed E-state index contributed by atoms with van der Waals surface area (Å²) in [5.41, 5.74) is 7.36. The van der Waals surface area contributed by atoms with Gasteiger partial charge in [0.2, 0.25) is 0 Å². The smallest absolute Gasteiger partial charge is 0.0334 e. The number of nitrogens with zero attached hydrogens (tertiary/aromatic N) is 1. The molecule has 2 heteroatoms. The molecule has 2 N–H and O–H groups in total. The maximum atomic E-state index is 6.31. The van der Waals surface area contributed by atoms with E-state index >= 15 is 0 Å². The molecule has 122 valence electrons. The Morgan fingerprint density at radius 1 is 0.905 bits per heavy atom. The summed E-state index contributed by atoms with van der Waals surface area (Å²) in [7, 11) is 0. The molecule has 0 aromatic carbocycles. The number of likely N-dealkylation sites (tertiary alicyclic amines) is 1. The van der Waals surface area contributed by atoms with E-state index in [-0.39, 0.29) is 0 Å². The van der Waals surface area contributed by atoms with Crippen molar-refractivity contribution in [2.45, 2.75) is 83.6 Å². The molecule has 3 atom stereocenters. The number of nitrogens with two attached hydrogens (primary N) is 1. The van der Waals surface area contributed by atoms with Crippen LogP contribution in [0.3, 0.4) is 0 Å². The second-order valence-corrected chi connectivity index (χ2v) is 8.67. The minimum Gasteiger partial charge on any atom is -0.329 e. The van der Waals surface area contributed by atoms with Crippen molar-refractivity contribution in [1.29, 1.82) is 0 Å². The average molecular weight is 293 g/mol. The Labute approximate surface area is 131 Å². The Bertz CT molecular complexity index is 337. The minimum atomic E-state index is 0.336. The quantitative estimate of drug-likeness (QED) is 0.827. The molecule has 0 bridgehead atoms. The van der Waals surface area contributed by atoms with Crippen molar-refractivity contribution in [3.05, 3.63) is 0 Å². The molecular weight excluding hydrogens is 256 g/mol. The molecule has 3 aliphatic rings. The molecule has 3 rings (SSSR count). The van der Waals surface area contributed by atoms with E-state index < -0.39 is 0 Å². The Morgan fingerprint density at radius 2 is 1.57 bits per heavy atom. The van der Waals surface area contributed by atoms with E-state index in [2.05, 4.69) is 18.7 Å². The molecular formula is C19H36N2. The number of piperidine rings is 1. The van der Waals surface area contributed by atoms with Crippen LogP contribution in [-0.2, 0) is 0 Å². The first-order valence-electron chi connectivity index (χ1n) is 9.54. The van der Waals surface area contributed by atoms with Gasteiger partial charge in [-0.15, -0.1) is 0 Å². The lowest BCUT2D eigenvalue weighted by atomic mass is 9.65. The summed E-state index contributed by atoms with van der Waals surface area (Å²) in [6.07, 6.45) is 14.4. The molecule has 0 radical (unpaired) electrons. The summed E-state index contributed by atoms with van der Waals surface area (Å²) in [4.78, 5) is 2.81. The maximum Gasteiger partial charge on any atom is 0.0334 e. The normalized spacial score (nSPS) is 41.3. The second-order valence-electron chi connectivity index (χ2n) is 8.67. The summed E-state index contributed by atoms with van der Waals surface area (Å²) < 4.78 is 0. The van der Waals surface area contributed by atoms with Crippen LogP contribution in [0.2, 0.25) is 0 Å². The van der Waals surface area contributed by atoms with Crippen molar-refractivity contribution >= 4 is 0 Å². The van der Waals surface area contributed by atoms with Gasteiger partial charge in [0.25, 0.3) is 0 Å². The van der Waals surface area contributed by atoms with Crippen LogP contribution in [0.5, 0.6) is 0 Å². The zero-order chi connectivity index (χ0) is 14.9. The third kappa shape index (κ3) is 3.03. The van der Waals surface area contributed by atoms with Crippen LogP contribution < -0.4 is 5.73 Å². The first kappa shape index (κ1) is 15.8. The van der Waals surface area contributed by atoms with Gasteiger partial charge in [0.1, 0.15) is 0 Å². The van der Waals surface area contributed by atoms with E-state index in [0.717, 1.165) is 23.8 Å². The van der Waals surface area contributed by atoms with Gasteiger partial charge in [-0.2, -0.15) is 0 Å². The lowest BCUT2D eigenvalue weighted by Crippen LogP contribution is -2.60. The summed E-state index contributed by atoms with van der Waals surface area (Å²) in [5, 5.41) is 0. The summed E-state index contributed by atoms with van der Waals surface area (Å²) >= 11 is 0. The van der Waals surface area contributed by atoms with Crippen molar-refractivity contribution in [2.75, 3.05) is 19.6 Å². The Kier molecular flexibility index (Phi) is 4.66. The molecule has 1 aliphatic heterocycles. The molecule has 1 spiro atoms. The largest absolute Gasteiger partial charge is 0.329 e. The van der Waals surface area contributed by atoms with Gasteiger partial charge < -0.3 is 5.73 Å². The Balaban J connectivity index is 1.64. The molecule has 1 heterocycles. The van der Waals surface area contributed by atoms with Crippen LogP contribution >= 0.6 is 0 Å². The van der Waals surface area contributed by atoms with Crippen molar-refractivity contribution in [1.82, 2.24) is 4.90 Å². The van der Waals surface area contributed by atoms with E-state index in [4.69, 9.17) is 5.73 Å². The van der Waals surface area contributed by atoms with E-state index in [1.807, 2.05) is 0 Å². The Morgan fingerprint density at radius 3 is 2.14 bits per heavy atom. The fraction of sp³-hybridized carbons (Fsp3) is 1.00. The van der Waals surface area contributed by atoms with E-state index in [0.29, 0.717) is 5.54 Å². The first-order chi connectivity index (χ1) is 10.1. The third-order valence-corrected chi connectivity index (χ3v) is 7.53. The van der Waals surface area contributed by atoms with Gasteiger partial charge in [-0.3, -0.25) is 4.90 Å². The molecule has 1 saturated heterocycles. The highest BCUT2D eigenvalue weighted by atomic mass is 15.2. The summed E-state index contributed by atoms with van der Waals surface area (Å²) in [5.74, 6) is 1.73. The molecule has 0 aromatic rings. The molecule has 2 saturated carbocycles. The minimum absolute atomic E-state index is 0.336. The molecule has 2 aliphatic carbocycles. The van der Waals surface area contributed by atoms with Gasteiger partial charge in [0.05, 0.1) is 0 Å². The lowest BCUT2D eigenvalue weighted by Gasteiger charge is -2.54. The van der Waals surface area contributed by atoms with Gasteiger partial charge in [0.15, 0.2) is 0 Å². The predicted molar refractivity (Wildman–Crippen MR) is 90.3 cm³/mol. The lowest BCUT2D eigenvalue weighted by molar-refractivity contribution is -0.0306. The third-order valence-electron chi connectivity index (χ3n) is 7.53. The average Bonchev–Trinajstić information content (AvgIpc) is 2.52. The van der Waals surface area contributed by atoms with Crippen LogP contribution in [0.4, 0.5) is 0 Å². The predicted octanol–water partition coefficient (Wildman–Crippen LogP) is 4.19. The van der Waals surface area contributed by atoms with Crippen LogP contribution in [0, 0.1) is 17.3 Å². The highest BCUT2D eigenvalue weighted by molar-refractivity contribution is 5.00. The number of rotatable bonds is 2. The zero-order valence-corrected chi connectivity index (χ0v) is 14.4. The zero-order valence-electron chi connectivity index (χ0n) is 14.4. The molecule has 0 amide bonds. The van der Waals surface area contributed by atoms with Crippen LogP contribution in [0.15, 0.2) is 0 Å². The van der Waals surface area contributed by atoms with Crippen LogP contribution in [0.1, 0.15) is 78.1 Å². The number of hydrogen-bond donors (Lipinski definition) is 1. The Hall–Kier alpha value is -0.0800. The van der Waals surface area contributed by atoms with Crippen molar-refractivity contribution < 1.29 is 0 Å². The van der Waals surface area contributed by atoms with Crippen molar-refractivity contribution in [2.24, 2.45) is 23.0 Å². The highest BCUT2D eigenvalue weighted by Gasteiger charge is 2.45. The van der Waals surface area contributed by atoms with E-state index in [1.165, 1.54) is 77.3 Å². The van der Waals surface area contributed by atoms with Gasteiger partial charge in [-0.05, 0) is 75.3 Å². The summed E-state index contributed by atoms with van der Waals surface area (Å²) in [6, 6.07) is 0. The van der Waals surface area contributed by atoms with E-state index in [1.54, 1.807) is 0 Å². The highest BCUT2D eigenvalue weighted by Crippen LogP contribution is 2.47. The SMILES string of the molecule is CC1CCC(CN)(N2CCC3(CCCCC3)CC2)CC1C. The summed E-state index contributed by atoms with van der Waals surface area (Å²) in [6.45, 7) is 8.38. The molecule has 3 unspecified atom stereocenters. The van der Waals surface area contributed by atoms with Gasteiger partial charge in [-0.1, -0.05) is 33.1 Å². The fourth-order valence-corrected chi connectivity index (χ4v) is 5.54. The molecule has 3 fully saturated rings. The van der Waals surface area contributed by atoms with Crippen LogP contribution in [0.25, 0.3) is 0 Å². The molecule has 2 nitrogen and oxygen atoms in total. The molecule has 21 heavy (non-hydrogen) atoms. The van der Waals surface area contributed by atoms with Gasteiger partial charge >= 0.3 is 0 Å². The van der Waals surface area contributed by atoms with Gasteiger partial charge in [0, 0.05) is 12.1 Å². The second kappa shape index (κ2) is 6.20. The topological polar surface area (TPSA) is 29.3 Å². The fourth-order valence-electron chi connectivity index (χ4n) is 5.54. The van der Waals surface area contributed by atoms with Crippen molar-refractivity contribution in [3.63, 3.8) is 0 Å². The maximum absolute atomic E-state index is 6.31. The standard InChI is InChI=1S/C19H36N2/c1-16-6-9-19(15-20,14-17(16)2)21-12-10-18(11-13-21)7-4-3-5-8-18/h16-17H,3-15,20H2,1-2H3. The van der Waals surface area contributed by atoms with Gasteiger partial charge in [-0.25, -0.2) is 0 Å². The first-order valence-corrected chi connectivity index (χ1v) is 9.54.